The molecule has 3 heterocycles. The van der Waals surface area contributed by atoms with Crippen molar-refractivity contribution in [3.05, 3.63) is 83.5 Å². The molecule has 2 unspecified atom stereocenters. The van der Waals surface area contributed by atoms with Crippen molar-refractivity contribution < 1.29 is 33.6 Å². The number of nitrogens with zero attached hydrogens (tertiary/aromatic N) is 1. The molecule has 6 atom stereocenters. The van der Waals surface area contributed by atoms with Crippen LogP contribution in [0.3, 0.4) is 0 Å². The molecular formula is C29H33N3O7S. The van der Waals surface area contributed by atoms with Crippen molar-refractivity contribution in [2.45, 2.75) is 56.3 Å². The topological polar surface area (TPSA) is 128 Å². The van der Waals surface area contributed by atoms with Crippen molar-refractivity contribution >= 4 is 23.5 Å². The van der Waals surface area contributed by atoms with Crippen LogP contribution >= 0.6 is 11.3 Å². The van der Waals surface area contributed by atoms with Crippen LogP contribution in [0.4, 0.5) is 9.59 Å². The zero-order valence-corrected chi connectivity index (χ0v) is 22.7. The minimum absolute atomic E-state index is 0.00672. The molecule has 10 nitrogen and oxygen atoms in total. The van der Waals surface area contributed by atoms with E-state index in [0.717, 1.165) is 17.5 Å². The summed E-state index contributed by atoms with van der Waals surface area (Å²) in [6.45, 7) is 0.854. The van der Waals surface area contributed by atoms with Gasteiger partial charge >= 0.3 is 12.2 Å². The highest BCUT2D eigenvalue weighted by Gasteiger charge is 2.44. The summed E-state index contributed by atoms with van der Waals surface area (Å²) in [4.78, 5) is 29.6. The number of carbonyl (C=O) groups is 2. The first kappa shape index (κ1) is 28.0. The smallest absolute Gasteiger partial charge is 0.413 e. The number of thiazole rings is 1. The van der Waals surface area contributed by atoms with E-state index in [1.165, 1.54) is 17.5 Å². The van der Waals surface area contributed by atoms with Gasteiger partial charge in [0.25, 0.3) is 0 Å². The number of hydrogen-bond donors (Lipinski definition) is 3. The number of aromatic nitrogens is 1. The fourth-order valence-corrected chi connectivity index (χ4v) is 5.58. The lowest BCUT2D eigenvalue weighted by Crippen LogP contribution is -2.49. The number of aliphatic hydroxyl groups is 1. The van der Waals surface area contributed by atoms with Gasteiger partial charge in [0.05, 0.1) is 43.0 Å². The van der Waals surface area contributed by atoms with E-state index >= 15 is 0 Å². The van der Waals surface area contributed by atoms with E-state index in [4.69, 9.17) is 18.9 Å². The number of alkyl carbamates (subject to hydrolysis) is 1. The largest absolute Gasteiger partial charge is 0.443 e. The molecule has 1 aromatic heterocycles. The predicted molar refractivity (Wildman–Crippen MR) is 147 cm³/mol. The van der Waals surface area contributed by atoms with Crippen LogP contribution in [0, 0.1) is 5.92 Å². The van der Waals surface area contributed by atoms with Crippen molar-refractivity contribution in [2.24, 2.45) is 5.92 Å². The Morgan fingerprint density at radius 1 is 1.00 bits per heavy atom. The lowest BCUT2D eigenvalue weighted by molar-refractivity contribution is -0.0907. The number of fused-ring (bicyclic) bond motifs is 1. The minimum atomic E-state index is -1.01. The Morgan fingerprint density at radius 2 is 1.73 bits per heavy atom. The van der Waals surface area contributed by atoms with E-state index in [1.54, 1.807) is 5.51 Å². The van der Waals surface area contributed by atoms with E-state index < -0.39 is 36.5 Å². The van der Waals surface area contributed by atoms with Crippen molar-refractivity contribution in [1.29, 1.82) is 0 Å². The second-order valence-corrected chi connectivity index (χ2v) is 10.8. The highest BCUT2D eigenvalue weighted by molar-refractivity contribution is 7.11. The predicted octanol–water partition coefficient (Wildman–Crippen LogP) is 3.69. The molecule has 212 valence electrons. The van der Waals surface area contributed by atoms with Gasteiger partial charge in [-0.2, -0.15) is 0 Å². The third kappa shape index (κ3) is 7.79. The highest BCUT2D eigenvalue weighted by atomic mass is 32.1. The molecule has 5 rings (SSSR count). The van der Waals surface area contributed by atoms with Crippen LogP contribution in [-0.4, -0.2) is 66.1 Å². The van der Waals surface area contributed by atoms with Crippen molar-refractivity contribution in [2.75, 3.05) is 13.2 Å². The molecule has 0 bridgehead atoms. The third-order valence-corrected chi connectivity index (χ3v) is 7.73. The first-order valence-electron chi connectivity index (χ1n) is 13.4. The molecule has 2 amide bonds. The molecule has 3 aromatic rings. The van der Waals surface area contributed by atoms with Gasteiger partial charge in [-0.25, -0.2) is 14.6 Å². The Labute approximate surface area is 236 Å². The Balaban J connectivity index is 1.27. The maximum Gasteiger partial charge on any atom is 0.413 e. The highest BCUT2D eigenvalue weighted by Crippen LogP contribution is 2.33. The number of hydrogen-bond acceptors (Lipinski definition) is 9. The van der Waals surface area contributed by atoms with Gasteiger partial charge in [0, 0.05) is 6.04 Å². The number of rotatable bonds is 11. The van der Waals surface area contributed by atoms with E-state index in [-0.39, 0.29) is 25.2 Å². The summed E-state index contributed by atoms with van der Waals surface area (Å²) in [6.07, 6.45) is 0.209. The van der Waals surface area contributed by atoms with Gasteiger partial charge in [-0.1, -0.05) is 72.0 Å². The molecule has 0 aliphatic carbocycles. The molecule has 3 N–H and O–H groups in total. The first-order valence-corrected chi connectivity index (χ1v) is 14.2. The molecule has 2 aliphatic rings. The fourth-order valence-electron chi connectivity index (χ4n) is 5.11. The molecule has 2 aliphatic heterocycles. The molecule has 0 radical (unpaired) electrons. The van der Waals surface area contributed by atoms with E-state index in [9.17, 15) is 14.7 Å². The van der Waals surface area contributed by atoms with Crippen LogP contribution < -0.4 is 15.4 Å². The number of aliphatic hydroxyl groups excluding tert-OH is 1. The second-order valence-electron chi connectivity index (χ2n) is 9.95. The molecule has 2 saturated heterocycles. The standard InChI is InChI=1S/C29H33N3O7S/c33-24(15-21(13-19-7-3-1-4-8-19)31-28(34)39-26-16-30-18-40-26)23(14-20-9-5-2-6-10-20)32-29(35)38-25-17-37-27-22(25)11-12-36-27/h1-10,16,18,21-25,27,33H,11-15,17H2,(H,31,34)(H,32,35)/t21-,22?,23-,24-,25-,27?/m0/s1. The Morgan fingerprint density at radius 3 is 2.42 bits per heavy atom. The van der Waals surface area contributed by atoms with Crippen LogP contribution in [-0.2, 0) is 27.1 Å². The Kier molecular flexibility index (Phi) is 9.61. The van der Waals surface area contributed by atoms with Gasteiger partial charge in [0.1, 0.15) is 6.10 Å². The fraction of sp³-hybridized carbons (Fsp3) is 0.414. The number of amides is 2. The van der Waals surface area contributed by atoms with E-state index in [2.05, 4.69) is 15.6 Å². The summed E-state index contributed by atoms with van der Waals surface area (Å²) < 4.78 is 22.2. The van der Waals surface area contributed by atoms with E-state index in [0.29, 0.717) is 24.5 Å². The molecule has 11 heteroatoms. The van der Waals surface area contributed by atoms with Crippen LogP contribution in [0.2, 0.25) is 0 Å². The van der Waals surface area contributed by atoms with Gasteiger partial charge in [0.15, 0.2) is 6.29 Å². The molecule has 40 heavy (non-hydrogen) atoms. The SMILES string of the molecule is O=C(N[C@@H](Cc1ccccc1)C[C@H](O)[C@H](Cc1ccccc1)NC(=O)O[C@H]1COC2OCCC21)Oc1cncs1. The van der Waals surface area contributed by atoms with Crippen molar-refractivity contribution in [1.82, 2.24) is 15.6 Å². The zero-order chi connectivity index (χ0) is 27.7. The molecule has 2 fully saturated rings. The maximum absolute atomic E-state index is 13.0. The summed E-state index contributed by atoms with van der Waals surface area (Å²) in [5.41, 5.74) is 3.50. The zero-order valence-electron chi connectivity index (χ0n) is 21.9. The maximum atomic E-state index is 13.0. The number of benzene rings is 2. The molecule has 2 aromatic carbocycles. The second kappa shape index (κ2) is 13.7. The van der Waals surface area contributed by atoms with Crippen LogP contribution in [0.1, 0.15) is 24.0 Å². The quantitative estimate of drug-likeness (QED) is 0.320. The third-order valence-electron chi connectivity index (χ3n) is 7.09. The van der Waals surface area contributed by atoms with Gasteiger partial charge in [-0.15, -0.1) is 0 Å². The lowest BCUT2D eigenvalue weighted by Gasteiger charge is -2.28. The number of nitrogens with one attached hydrogen (secondary N) is 2. The minimum Gasteiger partial charge on any atom is -0.443 e. The summed E-state index contributed by atoms with van der Waals surface area (Å²) in [7, 11) is 0. The summed E-state index contributed by atoms with van der Waals surface area (Å²) in [5, 5.41) is 17.5. The molecular weight excluding hydrogens is 534 g/mol. The molecule has 0 saturated carbocycles. The van der Waals surface area contributed by atoms with Crippen LogP contribution in [0.25, 0.3) is 0 Å². The van der Waals surface area contributed by atoms with Crippen molar-refractivity contribution in [3.63, 3.8) is 0 Å². The normalized spacial score (nSPS) is 22.1. The number of ether oxygens (including phenoxy) is 4. The van der Waals surface area contributed by atoms with Gasteiger partial charge in [0.2, 0.25) is 5.06 Å². The first-order chi connectivity index (χ1) is 19.5. The average Bonchev–Trinajstić information content (AvgIpc) is 3.70. The Bertz CT molecular complexity index is 1210. The Hall–Kier alpha value is -3.51. The summed E-state index contributed by atoms with van der Waals surface area (Å²) in [5.74, 6) is 0.00672. The van der Waals surface area contributed by atoms with Gasteiger partial charge < -0.3 is 34.7 Å². The lowest BCUT2D eigenvalue weighted by atomic mass is 9.94. The summed E-state index contributed by atoms with van der Waals surface area (Å²) >= 11 is 1.21. The van der Waals surface area contributed by atoms with Crippen molar-refractivity contribution in [3.8, 4) is 5.06 Å². The van der Waals surface area contributed by atoms with Crippen LogP contribution in [0.5, 0.6) is 5.06 Å². The van der Waals surface area contributed by atoms with Crippen LogP contribution in [0.15, 0.2) is 72.4 Å². The monoisotopic (exact) mass is 567 g/mol. The molecule has 0 spiro atoms. The average molecular weight is 568 g/mol. The summed E-state index contributed by atoms with van der Waals surface area (Å²) in [6, 6.07) is 18.1. The number of carbonyl (C=O) groups excluding carboxylic acids is 2. The van der Waals surface area contributed by atoms with Gasteiger partial charge in [-0.05, 0) is 36.8 Å². The van der Waals surface area contributed by atoms with Gasteiger partial charge in [-0.3, -0.25) is 0 Å². The van der Waals surface area contributed by atoms with E-state index in [1.807, 2.05) is 60.7 Å².